The highest BCUT2D eigenvalue weighted by molar-refractivity contribution is 5.97. The minimum absolute atomic E-state index is 0.181. The third-order valence-electron chi connectivity index (χ3n) is 2.31. The van der Waals surface area contributed by atoms with Crippen LogP contribution in [0.4, 0.5) is 0 Å². The lowest BCUT2D eigenvalue weighted by Crippen LogP contribution is -2.41. The van der Waals surface area contributed by atoms with E-state index in [2.05, 4.69) is 10.5 Å². The third kappa shape index (κ3) is 3.58. The van der Waals surface area contributed by atoms with Gasteiger partial charge in [0.25, 0.3) is 5.91 Å². The molecule has 17 heavy (non-hydrogen) atoms. The van der Waals surface area contributed by atoms with Crippen molar-refractivity contribution in [2.24, 2.45) is 5.92 Å². The number of carboxylic acids is 1. The Kier molecular flexibility index (Phi) is 4.25. The van der Waals surface area contributed by atoms with Gasteiger partial charge in [-0.15, -0.1) is 0 Å². The molecule has 0 spiro atoms. The minimum atomic E-state index is -1.04. The van der Waals surface area contributed by atoms with E-state index in [-0.39, 0.29) is 11.5 Å². The first-order valence-corrected chi connectivity index (χ1v) is 5.36. The molecule has 6 nitrogen and oxygen atoms in total. The van der Waals surface area contributed by atoms with Gasteiger partial charge in [-0.3, -0.25) is 4.79 Å². The molecule has 0 saturated heterocycles. The van der Waals surface area contributed by atoms with E-state index in [9.17, 15) is 9.59 Å². The number of hydrogen-bond donors (Lipinski definition) is 2. The zero-order chi connectivity index (χ0) is 13.0. The third-order valence-corrected chi connectivity index (χ3v) is 2.31. The van der Waals surface area contributed by atoms with Crippen molar-refractivity contribution in [2.75, 3.05) is 0 Å². The van der Waals surface area contributed by atoms with Crippen molar-refractivity contribution in [1.82, 2.24) is 10.5 Å². The lowest BCUT2D eigenvalue weighted by atomic mass is 10.0. The van der Waals surface area contributed by atoms with Crippen LogP contribution >= 0.6 is 0 Å². The van der Waals surface area contributed by atoms with Gasteiger partial charge < -0.3 is 14.9 Å². The van der Waals surface area contributed by atoms with Crippen LogP contribution in [0.2, 0.25) is 0 Å². The number of rotatable bonds is 5. The van der Waals surface area contributed by atoms with Crippen molar-refractivity contribution in [1.29, 1.82) is 0 Å². The van der Waals surface area contributed by atoms with Crippen molar-refractivity contribution in [3.05, 3.63) is 17.5 Å². The number of carbonyl (C=O) groups is 2. The Bertz CT molecular complexity index is 411. The molecular weight excluding hydrogens is 224 g/mol. The van der Waals surface area contributed by atoms with Gasteiger partial charge >= 0.3 is 5.97 Å². The van der Waals surface area contributed by atoms with Crippen LogP contribution in [-0.2, 0) is 4.79 Å². The van der Waals surface area contributed by atoms with Gasteiger partial charge in [0.1, 0.15) is 17.4 Å². The van der Waals surface area contributed by atoms with Gasteiger partial charge in [-0.1, -0.05) is 19.0 Å². The molecule has 1 amide bonds. The van der Waals surface area contributed by atoms with E-state index in [4.69, 9.17) is 9.63 Å². The van der Waals surface area contributed by atoms with Crippen molar-refractivity contribution < 1.29 is 19.2 Å². The number of aromatic nitrogens is 1. The molecule has 0 saturated carbocycles. The fourth-order valence-electron chi connectivity index (χ4n) is 1.45. The molecule has 1 heterocycles. The van der Waals surface area contributed by atoms with Gasteiger partial charge in [0.15, 0.2) is 0 Å². The molecule has 1 aromatic rings. The first-order valence-electron chi connectivity index (χ1n) is 5.36. The maximum absolute atomic E-state index is 11.7. The highest BCUT2D eigenvalue weighted by Gasteiger charge is 2.23. The van der Waals surface area contributed by atoms with Crippen molar-refractivity contribution in [3.8, 4) is 0 Å². The number of aryl methyl sites for hydroxylation is 1. The summed E-state index contributed by atoms with van der Waals surface area (Å²) in [5.41, 5.74) is 0.264. The molecule has 0 aromatic carbocycles. The monoisotopic (exact) mass is 240 g/mol. The van der Waals surface area contributed by atoms with E-state index in [1.165, 1.54) is 6.20 Å². The average Bonchev–Trinajstić information content (AvgIpc) is 2.62. The number of amides is 1. The smallest absolute Gasteiger partial charge is 0.326 e. The topological polar surface area (TPSA) is 92.4 Å². The fourth-order valence-corrected chi connectivity index (χ4v) is 1.45. The maximum Gasteiger partial charge on any atom is 0.326 e. The van der Waals surface area contributed by atoms with E-state index >= 15 is 0 Å². The average molecular weight is 240 g/mol. The molecule has 1 atom stereocenters. The summed E-state index contributed by atoms with van der Waals surface area (Å²) < 4.78 is 4.75. The molecule has 6 heteroatoms. The van der Waals surface area contributed by atoms with E-state index in [1.807, 2.05) is 13.8 Å². The first-order chi connectivity index (χ1) is 7.91. The Balaban J connectivity index is 2.71. The fraction of sp³-hybridized carbons (Fsp3) is 0.545. The summed E-state index contributed by atoms with van der Waals surface area (Å²) in [6, 6.07) is -0.892. The number of carbonyl (C=O) groups excluding carboxylic acids is 1. The van der Waals surface area contributed by atoms with Crippen molar-refractivity contribution >= 4 is 11.9 Å². The molecule has 0 unspecified atom stereocenters. The van der Waals surface area contributed by atoms with Gasteiger partial charge in [-0.05, 0) is 19.3 Å². The highest BCUT2D eigenvalue weighted by Crippen LogP contribution is 2.09. The molecule has 0 aliphatic heterocycles. The van der Waals surface area contributed by atoms with Crippen LogP contribution in [0.3, 0.4) is 0 Å². The zero-order valence-corrected chi connectivity index (χ0v) is 10.1. The SMILES string of the molecule is Cc1oncc1C(=O)N[C@@H](CC(C)C)C(=O)O. The Hall–Kier alpha value is -1.85. The molecule has 0 aliphatic carbocycles. The number of nitrogens with one attached hydrogen (secondary N) is 1. The standard InChI is InChI=1S/C11H16N2O4/c1-6(2)4-9(11(15)16)13-10(14)8-5-12-17-7(8)3/h5-6,9H,4H2,1-3H3,(H,13,14)(H,15,16)/t9-/m0/s1. The summed E-state index contributed by atoms with van der Waals surface area (Å²) in [6.45, 7) is 5.39. The van der Waals surface area contributed by atoms with Gasteiger partial charge in [-0.25, -0.2) is 4.79 Å². The zero-order valence-electron chi connectivity index (χ0n) is 10.1. The second kappa shape index (κ2) is 5.47. The van der Waals surface area contributed by atoms with Gasteiger partial charge in [0, 0.05) is 0 Å². The summed E-state index contributed by atoms with van der Waals surface area (Å²) in [5, 5.41) is 14.9. The second-order valence-electron chi connectivity index (χ2n) is 4.29. The molecule has 0 bridgehead atoms. The number of carboxylic acid groups (broad SMARTS) is 1. The van der Waals surface area contributed by atoms with E-state index in [0.29, 0.717) is 12.2 Å². The minimum Gasteiger partial charge on any atom is -0.480 e. The van der Waals surface area contributed by atoms with Crippen LogP contribution in [0.15, 0.2) is 10.7 Å². The molecule has 1 aromatic heterocycles. The van der Waals surface area contributed by atoms with Crippen LogP contribution in [0.25, 0.3) is 0 Å². The molecule has 0 radical (unpaired) electrons. The first kappa shape index (κ1) is 13.2. The Morgan fingerprint density at radius 3 is 2.59 bits per heavy atom. The lowest BCUT2D eigenvalue weighted by molar-refractivity contribution is -0.139. The number of aliphatic carboxylic acids is 1. The van der Waals surface area contributed by atoms with E-state index in [1.54, 1.807) is 6.92 Å². The lowest BCUT2D eigenvalue weighted by Gasteiger charge is -2.15. The van der Waals surface area contributed by atoms with Crippen molar-refractivity contribution in [3.63, 3.8) is 0 Å². The molecule has 2 N–H and O–H groups in total. The van der Waals surface area contributed by atoms with Crippen LogP contribution < -0.4 is 5.32 Å². The molecule has 94 valence electrons. The largest absolute Gasteiger partial charge is 0.480 e. The Morgan fingerprint density at radius 1 is 1.53 bits per heavy atom. The number of nitrogens with zero attached hydrogens (tertiary/aromatic N) is 1. The predicted molar refractivity (Wildman–Crippen MR) is 59.6 cm³/mol. The summed E-state index contributed by atoms with van der Waals surface area (Å²) >= 11 is 0. The highest BCUT2D eigenvalue weighted by atomic mass is 16.5. The van der Waals surface area contributed by atoms with Crippen molar-refractivity contribution in [2.45, 2.75) is 33.2 Å². The van der Waals surface area contributed by atoms with E-state index in [0.717, 1.165) is 0 Å². The van der Waals surface area contributed by atoms with Gasteiger partial charge in [0.05, 0.1) is 6.20 Å². The summed E-state index contributed by atoms with van der Waals surface area (Å²) in [7, 11) is 0. The maximum atomic E-state index is 11.7. The van der Waals surface area contributed by atoms with Crippen LogP contribution in [-0.4, -0.2) is 28.2 Å². The molecular formula is C11H16N2O4. The number of hydrogen-bond acceptors (Lipinski definition) is 4. The molecule has 1 rings (SSSR count). The van der Waals surface area contributed by atoms with Crippen LogP contribution in [0.1, 0.15) is 36.4 Å². The molecule has 0 fully saturated rings. The Morgan fingerprint density at radius 2 is 2.18 bits per heavy atom. The van der Waals surface area contributed by atoms with E-state index < -0.39 is 17.9 Å². The second-order valence-corrected chi connectivity index (χ2v) is 4.29. The van der Waals surface area contributed by atoms with Crippen LogP contribution in [0, 0.1) is 12.8 Å². The quantitative estimate of drug-likeness (QED) is 0.807. The Labute approximate surface area is 99.0 Å². The predicted octanol–water partition coefficient (Wildman–Crippen LogP) is 1.21. The summed E-state index contributed by atoms with van der Waals surface area (Å²) in [5.74, 6) is -0.964. The molecule has 0 aliphatic rings. The van der Waals surface area contributed by atoms with Gasteiger partial charge in [0.2, 0.25) is 0 Å². The van der Waals surface area contributed by atoms with Gasteiger partial charge in [-0.2, -0.15) is 0 Å². The summed E-state index contributed by atoms with van der Waals surface area (Å²) in [4.78, 5) is 22.7. The van der Waals surface area contributed by atoms with Crippen LogP contribution in [0.5, 0.6) is 0 Å². The normalized spacial score (nSPS) is 12.5. The summed E-state index contributed by atoms with van der Waals surface area (Å²) in [6.07, 6.45) is 1.66.